The molecule has 0 bridgehead atoms. The third kappa shape index (κ3) is 4.40. The highest BCUT2D eigenvalue weighted by molar-refractivity contribution is 7.92. The molecule has 0 radical (unpaired) electrons. The number of benzene rings is 2. The zero-order chi connectivity index (χ0) is 26.5. The summed E-state index contributed by atoms with van der Waals surface area (Å²) in [5.41, 5.74) is 3.36. The summed E-state index contributed by atoms with van der Waals surface area (Å²) in [6, 6.07) is 5.36. The van der Waals surface area contributed by atoms with Gasteiger partial charge in [0.2, 0.25) is 11.7 Å². The van der Waals surface area contributed by atoms with Crippen LogP contribution in [-0.2, 0) is 19.6 Å². The second kappa shape index (κ2) is 9.03. The van der Waals surface area contributed by atoms with Crippen LogP contribution < -0.4 is 10.5 Å². The van der Waals surface area contributed by atoms with Gasteiger partial charge >= 0.3 is 0 Å². The number of nitrogens with one attached hydrogen (secondary N) is 1. The Kier molecular flexibility index (Phi) is 6.11. The average molecular weight is 551 g/mol. The third-order valence-electron chi connectivity index (χ3n) is 6.22. The lowest BCUT2D eigenvalue weighted by Gasteiger charge is -2.22. The van der Waals surface area contributed by atoms with Gasteiger partial charge in [-0.05, 0) is 62.1 Å². The Morgan fingerprint density at radius 2 is 1.81 bits per heavy atom. The summed E-state index contributed by atoms with van der Waals surface area (Å²) in [4.78, 5) is 20.6. The molecule has 5 rings (SSSR count). The smallest absolute Gasteiger partial charge is 0.265 e. The molecule has 1 saturated carbocycles. The first kappa shape index (κ1) is 25.0. The molecule has 0 amide bonds. The van der Waals surface area contributed by atoms with Crippen molar-refractivity contribution in [2.75, 3.05) is 10.5 Å². The van der Waals surface area contributed by atoms with E-state index in [1.54, 1.807) is 0 Å². The number of hydrogen-bond acceptors (Lipinski definition) is 7. The highest BCUT2D eigenvalue weighted by atomic mass is 35.5. The Bertz CT molecular complexity index is 1590. The van der Waals surface area contributed by atoms with Crippen molar-refractivity contribution in [3.8, 4) is 0 Å². The Labute approximate surface area is 214 Å². The minimum absolute atomic E-state index is 0.0489. The number of halogens is 4. The quantitative estimate of drug-likeness (QED) is 0.471. The molecule has 37 heavy (non-hydrogen) atoms. The lowest BCUT2D eigenvalue weighted by Crippen LogP contribution is -2.33. The van der Waals surface area contributed by atoms with Crippen LogP contribution in [0.1, 0.15) is 36.9 Å². The molecule has 192 valence electrons. The number of ether oxygens (including phenoxy) is 1. The van der Waals surface area contributed by atoms with E-state index in [0.29, 0.717) is 37.8 Å². The number of carbonyl (C=O) groups excluding carboxylic acids is 1. The molecule has 1 fully saturated rings. The number of sulfonamides is 1. The minimum Gasteiger partial charge on any atom is -0.476 e. The van der Waals surface area contributed by atoms with Crippen LogP contribution in [-0.4, -0.2) is 29.8 Å². The summed E-state index contributed by atoms with van der Waals surface area (Å²) in [6.07, 6.45) is 3.54. The Morgan fingerprint density at radius 3 is 2.51 bits per heavy atom. The molecule has 2 aromatic carbocycles. The van der Waals surface area contributed by atoms with Gasteiger partial charge in [0.15, 0.2) is 17.2 Å². The van der Waals surface area contributed by atoms with E-state index in [-0.39, 0.29) is 33.6 Å². The fourth-order valence-corrected chi connectivity index (χ4v) is 5.91. The van der Waals surface area contributed by atoms with Gasteiger partial charge in [0, 0.05) is 16.8 Å². The molecule has 1 aliphatic heterocycles. The van der Waals surface area contributed by atoms with Gasteiger partial charge in [-0.2, -0.15) is 0 Å². The van der Waals surface area contributed by atoms with Crippen molar-refractivity contribution in [1.82, 2.24) is 9.97 Å². The fourth-order valence-electron chi connectivity index (χ4n) is 4.55. The second-order valence-electron chi connectivity index (χ2n) is 8.63. The van der Waals surface area contributed by atoms with Gasteiger partial charge in [-0.15, -0.1) is 0 Å². The van der Waals surface area contributed by atoms with E-state index in [2.05, 4.69) is 9.97 Å². The van der Waals surface area contributed by atoms with Crippen molar-refractivity contribution in [3.63, 3.8) is 0 Å². The number of hydrogen-bond donors (Lipinski definition) is 2. The van der Waals surface area contributed by atoms with E-state index in [1.807, 2.05) is 4.72 Å². The van der Waals surface area contributed by atoms with E-state index in [0.717, 1.165) is 18.2 Å². The summed E-state index contributed by atoms with van der Waals surface area (Å²) in [6.45, 7) is 0. The number of aromatic nitrogens is 2. The summed E-state index contributed by atoms with van der Waals surface area (Å²) in [7, 11) is -4.79. The number of carbonyl (C=O) groups is 1. The van der Waals surface area contributed by atoms with Crippen LogP contribution in [0.5, 0.6) is 0 Å². The molecular formula is C24H18ClF3N4O4S. The molecule has 8 nitrogen and oxygen atoms in total. The molecule has 3 aromatic rings. The molecule has 2 heterocycles. The number of ketones is 1. The molecule has 1 spiro atoms. The normalized spacial score (nSPS) is 16.9. The molecule has 0 saturated heterocycles. The van der Waals surface area contributed by atoms with E-state index in [4.69, 9.17) is 22.1 Å². The van der Waals surface area contributed by atoms with Gasteiger partial charge in [0.05, 0.1) is 11.3 Å². The van der Waals surface area contributed by atoms with Crippen LogP contribution in [0.25, 0.3) is 11.3 Å². The van der Waals surface area contributed by atoms with E-state index >= 15 is 4.39 Å². The van der Waals surface area contributed by atoms with Crippen molar-refractivity contribution in [2.24, 2.45) is 0 Å². The molecule has 1 aromatic heterocycles. The number of rotatable bonds is 5. The van der Waals surface area contributed by atoms with Crippen molar-refractivity contribution in [1.29, 1.82) is 0 Å². The van der Waals surface area contributed by atoms with Gasteiger partial charge in [-0.25, -0.2) is 31.6 Å². The monoisotopic (exact) mass is 550 g/mol. The standard InChI is InChI=1S/C24H18ClF3N4O4S/c25-12-9-14(20(28)17(10-12)32-37(34,35)18-11-13(26)3-4-15(18)27)19-21(16-5-8-30-23(29)31-16)36-24(22(19)33)6-1-2-7-24/h3-5,8-11,32H,1-2,6-7H2,(H2,29,30,31). The first-order chi connectivity index (χ1) is 17.5. The maximum atomic E-state index is 15.9. The number of anilines is 2. The molecule has 0 unspecified atom stereocenters. The van der Waals surface area contributed by atoms with E-state index < -0.39 is 49.4 Å². The zero-order valence-corrected chi connectivity index (χ0v) is 20.5. The summed E-state index contributed by atoms with van der Waals surface area (Å²) in [5, 5.41) is -0.136. The first-order valence-corrected chi connectivity index (χ1v) is 12.9. The van der Waals surface area contributed by atoms with Crippen molar-refractivity contribution in [2.45, 2.75) is 36.2 Å². The van der Waals surface area contributed by atoms with Gasteiger partial charge in [-0.3, -0.25) is 9.52 Å². The zero-order valence-electron chi connectivity index (χ0n) is 18.9. The summed E-state index contributed by atoms with van der Waals surface area (Å²) in [5.74, 6) is -4.10. The number of Topliss-reactive ketones (excluding diaryl/α,β-unsaturated/α-hetero) is 1. The van der Waals surface area contributed by atoms with Crippen molar-refractivity contribution < 1.29 is 31.1 Å². The van der Waals surface area contributed by atoms with Crippen LogP contribution in [0, 0.1) is 17.5 Å². The van der Waals surface area contributed by atoms with Crippen LogP contribution in [0.3, 0.4) is 0 Å². The van der Waals surface area contributed by atoms with Gasteiger partial charge in [0.1, 0.15) is 22.2 Å². The number of nitrogen functional groups attached to an aromatic ring is 1. The largest absolute Gasteiger partial charge is 0.476 e. The molecule has 2 aliphatic rings. The highest BCUT2D eigenvalue weighted by Crippen LogP contribution is 2.49. The van der Waals surface area contributed by atoms with Crippen LogP contribution in [0.4, 0.5) is 24.8 Å². The Balaban J connectivity index is 1.66. The van der Waals surface area contributed by atoms with Crippen molar-refractivity contribution >= 4 is 50.4 Å². The molecule has 1 aliphatic carbocycles. The van der Waals surface area contributed by atoms with Crippen LogP contribution in [0.15, 0.2) is 47.5 Å². The lowest BCUT2D eigenvalue weighted by atomic mass is 9.89. The van der Waals surface area contributed by atoms with Crippen LogP contribution in [0.2, 0.25) is 5.02 Å². The Morgan fingerprint density at radius 1 is 1.08 bits per heavy atom. The fraction of sp³-hybridized carbons (Fsp3) is 0.208. The molecular weight excluding hydrogens is 533 g/mol. The molecule has 0 atom stereocenters. The Hall–Kier alpha value is -3.64. The third-order valence-corrected chi connectivity index (χ3v) is 7.82. The second-order valence-corrected chi connectivity index (χ2v) is 10.7. The van der Waals surface area contributed by atoms with Gasteiger partial charge < -0.3 is 10.5 Å². The minimum atomic E-state index is -4.79. The predicted molar refractivity (Wildman–Crippen MR) is 129 cm³/mol. The maximum Gasteiger partial charge on any atom is 0.265 e. The SMILES string of the molecule is Nc1nccc(C2=C(c3cc(Cl)cc(NS(=O)(=O)c4cc(F)ccc4F)c3F)C(=O)C3(CCCC3)O2)n1. The van der Waals surface area contributed by atoms with Gasteiger partial charge in [-0.1, -0.05) is 11.6 Å². The van der Waals surface area contributed by atoms with Crippen LogP contribution >= 0.6 is 11.6 Å². The predicted octanol–water partition coefficient (Wildman–Crippen LogP) is 4.71. The number of nitrogens with two attached hydrogens (primary N) is 1. The summed E-state index contributed by atoms with van der Waals surface area (Å²) < 4.78 is 77.3. The van der Waals surface area contributed by atoms with Crippen molar-refractivity contribution in [3.05, 3.63) is 76.3 Å². The number of nitrogens with zero attached hydrogens (tertiary/aromatic N) is 2. The molecule has 3 N–H and O–H groups in total. The first-order valence-electron chi connectivity index (χ1n) is 11.0. The topological polar surface area (TPSA) is 124 Å². The molecule has 13 heteroatoms. The van der Waals surface area contributed by atoms with E-state index in [1.165, 1.54) is 12.3 Å². The summed E-state index contributed by atoms with van der Waals surface area (Å²) >= 11 is 6.19. The average Bonchev–Trinajstić information content (AvgIpc) is 3.43. The maximum absolute atomic E-state index is 15.9. The lowest BCUT2D eigenvalue weighted by molar-refractivity contribution is -0.127. The highest BCUT2D eigenvalue weighted by Gasteiger charge is 2.52. The van der Waals surface area contributed by atoms with E-state index in [9.17, 15) is 22.0 Å². The van der Waals surface area contributed by atoms with Gasteiger partial charge in [0.25, 0.3) is 10.0 Å².